The Morgan fingerprint density at radius 3 is 2.50 bits per heavy atom. The van der Waals surface area contributed by atoms with Gasteiger partial charge in [0, 0.05) is 37.8 Å². The minimum absolute atomic E-state index is 0.0841. The Labute approximate surface area is 208 Å². The van der Waals surface area contributed by atoms with Crippen LogP contribution in [0.5, 0.6) is 0 Å². The molecule has 0 unspecified atom stereocenters. The summed E-state index contributed by atoms with van der Waals surface area (Å²) in [5.41, 5.74) is 6.11. The third-order valence-electron chi connectivity index (χ3n) is 5.31. The Kier molecular flexibility index (Phi) is 7.19. The quantitative estimate of drug-likeness (QED) is 0.195. The van der Waals surface area contributed by atoms with E-state index in [0.29, 0.717) is 35.5 Å². The summed E-state index contributed by atoms with van der Waals surface area (Å²) in [6.45, 7) is 4.08. The zero-order valence-electron chi connectivity index (χ0n) is 20.4. The predicted molar refractivity (Wildman–Crippen MR) is 139 cm³/mol. The smallest absolute Gasteiger partial charge is 0.272 e. The molecule has 4 rings (SSSR count). The number of rotatable bonds is 9. The van der Waals surface area contributed by atoms with Crippen LogP contribution in [0, 0.1) is 24.0 Å². The number of hydrazone groups is 1. The van der Waals surface area contributed by atoms with Gasteiger partial charge in [0.2, 0.25) is 17.8 Å². The highest BCUT2D eigenvalue weighted by atomic mass is 16.6. The number of nitrogens with zero attached hydrogens (tertiary/aromatic N) is 6. The largest absolute Gasteiger partial charge is 0.455 e. The van der Waals surface area contributed by atoms with Crippen LogP contribution < -0.4 is 15.6 Å². The third kappa shape index (κ3) is 5.81. The number of aryl methyl sites for hydroxylation is 2. The normalized spacial score (nSPS) is 11.0. The molecular weight excluding hydrogens is 460 g/mol. The molecule has 0 fully saturated rings. The SMILES string of the molecule is Cc1cc([N+](=O)[O-])c(C)cc1-c1ccc(C=NNc2nc(NCc3ccccc3)nc(N(C)C)n2)o1. The van der Waals surface area contributed by atoms with Gasteiger partial charge in [0.05, 0.1) is 11.1 Å². The second kappa shape index (κ2) is 10.6. The Balaban J connectivity index is 1.48. The van der Waals surface area contributed by atoms with E-state index < -0.39 is 0 Å². The van der Waals surface area contributed by atoms with Gasteiger partial charge in [-0.25, -0.2) is 5.43 Å². The first-order valence-electron chi connectivity index (χ1n) is 11.2. The number of hydrogen-bond donors (Lipinski definition) is 2. The van der Waals surface area contributed by atoms with E-state index in [1.165, 1.54) is 6.21 Å². The van der Waals surface area contributed by atoms with Crippen LogP contribution in [-0.2, 0) is 6.54 Å². The minimum Gasteiger partial charge on any atom is -0.455 e. The second-order valence-corrected chi connectivity index (χ2v) is 8.30. The second-order valence-electron chi connectivity index (χ2n) is 8.30. The molecule has 2 N–H and O–H groups in total. The van der Waals surface area contributed by atoms with Crippen molar-refractivity contribution in [3.8, 4) is 11.3 Å². The van der Waals surface area contributed by atoms with Gasteiger partial charge in [-0.3, -0.25) is 10.1 Å². The van der Waals surface area contributed by atoms with Crippen molar-refractivity contribution in [2.45, 2.75) is 20.4 Å². The number of nitro benzene ring substituents is 1. The van der Waals surface area contributed by atoms with Crippen LogP contribution in [0.4, 0.5) is 23.5 Å². The van der Waals surface area contributed by atoms with Gasteiger partial charge in [-0.1, -0.05) is 30.3 Å². The van der Waals surface area contributed by atoms with Crippen LogP contribution in [0.1, 0.15) is 22.5 Å². The molecule has 0 aliphatic carbocycles. The fraction of sp³-hybridized carbons (Fsp3) is 0.200. The predicted octanol–water partition coefficient (Wildman–Crippen LogP) is 4.78. The highest BCUT2D eigenvalue weighted by molar-refractivity contribution is 5.78. The number of aromatic nitrogens is 3. The molecule has 0 amide bonds. The Bertz CT molecular complexity index is 1400. The Morgan fingerprint density at radius 1 is 1.03 bits per heavy atom. The number of benzene rings is 2. The number of anilines is 3. The maximum absolute atomic E-state index is 11.2. The first kappa shape index (κ1) is 24.3. The van der Waals surface area contributed by atoms with Crippen molar-refractivity contribution in [1.29, 1.82) is 0 Å². The minimum atomic E-state index is -0.385. The maximum atomic E-state index is 11.2. The zero-order chi connectivity index (χ0) is 25.7. The van der Waals surface area contributed by atoms with E-state index in [1.807, 2.05) is 51.4 Å². The summed E-state index contributed by atoms with van der Waals surface area (Å²) in [7, 11) is 3.69. The van der Waals surface area contributed by atoms with Gasteiger partial charge in [-0.15, -0.1) is 0 Å². The van der Waals surface area contributed by atoms with E-state index in [1.54, 1.807) is 36.1 Å². The monoisotopic (exact) mass is 486 g/mol. The number of furan rings is 1. The van der Waals surface area contributed by atoms with Crippen LogP contribution in [0.2, 0.25) is 0 Å². The number of nitro groups is 1. The molecule has 0 aliphatic rings. The van der Waals surface area contributed by atoms with Gasteiger partial charge < -0.3 is 14.6 Å². The molecule has 11 heteroatoms. The fourth-order valence-electron chi connectivity index (χ4n) is 3.45. The average molecular weight is 487 g/mol. The molecule has 184 valence electrons. The Hall–Kier alpha value is -4.80. The fourth-order valence-corrected chi connectivity index (χ4v) is 3.45. The molecule has 2 aromatic carbocycles. The van der Waals surface area contributed by atoms with Crippen molar-refractivity contribution < 1.29 is 9.34 Å². The molecular formula is C25H26N8O3. The van der Waals surface area contributed by atoms with E-state index in [0.717, 1.165) is 16.7 Å². The first-order valence-corrected chi connectivity index (χ1v) is 11.2. The molecule has 0 aliphatic heterocycles. The van der Waals surface area contributed by atoms with Gasteiger partial charge in [0.15, 0.2) is 0 Å². The summed E-state index contributed by atoms with van der Waals surface area (Å²) >= 11 is 0. The Morgan fingerprint density at radius 2 is 1.78 bits per heavy atom. The van der Waals surface area contributed by atoms with Gasteiger partial charge in [0.25, 0.3) is 5.69 Å². The third-order valence-corrected chi connectivity index (χ3v) is 5.31. The standard InChI is InChI=1S/C25H26N8O3/c1-16-13-21(33(34)35)17(2)12-20(16)22-11-10-19(36-22)15-27-31-24-28-23(29-25(30-24)32(3)4)26-14-18-8-6-5-7-9-18/h5-13,15H,14H2,1-4H3,(H2,26,28,29,30,31). The van der Waals surface area contributed by atoms with Crippen molar-refractivity contribution in [3.05, 3.63) is 87.2 Å². The van der Waals surface area contributed by atoms with Crippen LogP contribution in [-0.4, -0.2) is 40.2 Å². The molecule has 2 aromatic heterocycles. The van der Waals surface area contributed by atoms with Crippen molar-refractivity contribution in [2.75, 3.05) is 29.7 Å². The van der Waals surface area contributed by atoms with Crippen LogP contribution >= 0.6 is 0 Å². The summed E-state index contributed by atoms with van der Waals surface area (Å²) in [6.07, 6.45) is 1.51. The molecule has 0 atom stereocenters. The number of hydrogen-bond acceptors (Lipinski definition) is 10. The van der Waals surface area contributed by atoms with Crippen molar-refractivity contribution in [2.24, 2.45) is 5.10 Å². The lowest BCUT2D eigenvalue weighted by atomic mass is 10.0. The van der Waals surface area contributed by atoms with Crippen molar-refractivity contribution in [3.63, 3.8) is 0 Å². The molecule has 0 bridgehead atoms. The van der Waals surface area contributed by atoms with Gasteiger partial charge in [-0.05, 0) is 43.2 Å². The highest BCUT2D eigenvalue weighted by Crippen LogP contribution is 2.31. The summed E-state index contributed by atoms with van der Waals surface area (Å²) < 4.78 is 5.88. The first-order chi connectivity index (χ1) is 17.3. The van der Waals surface area contributed by atoms with Crippen molar-refractivity contribution in [1.82, 2.24) is 15.0 Å². The zero-order valence-corrected chi connectivity index (χ0v) is 20.4. The summed E-state index contributed by atoms with van der Waals surface area (Å²) in [5, 5.41) is 18.6. The van der Waals surface area contributed by atoms with E-state index in [2.05, 4.69) is 30.8 Å². The molecule has 4 aromatic rings. The van der Waals surface area contributed by atoms with Gasteiger partial charge >= 0.3 is 0 Å². The highest BCUT2D eigenvalue weighted by Gasteiger charge is 2.16. The maximum Gasteiger partial charge on any atom is 0.272 e. The lowest BCUT2D eigenvalue weighted by Crippen LogP contribution is -2.16. The van der Waals surface area contributed by atoms with E-state index >= 15 is 0 Å². The number of nitrogens with one attached hydrogen (secondary N) is 2. The molecule has 0 radical (unpaired) electrons. The average Bonchev–Trinajstić information content (AvgIpc) is 3.33. The summed E-state index contributed by atoms with van der Waals surface area (Å²) in [4.78, 5) is 25.7. The topological polar surface area (TPSA) is 135 Å². The molecule has 36 heavy (non-hydrogen) atoms. The van der Waals surface area contributed by atoms with Crippen LogP contribution in [0.25, 0.3) is 11.3 Å². The molecule has 0 saturated carbocycles. The van der Waals surface area contributed by atoms with E-state index in [4.69, 9.17) is 4.42 Å². The van der Waals surface area contributed by atoms with Crippen LogP contribution in [0.15, 0.2) is 64.1 Å². The molecule has 0 spiro atoms. The van der Waals surface area contributed by atoms with Crippen LogP contribution in [0.3, 0.4) is 0 Å². The lowest BCUT2D eigenvalue weighted by Gasteiger charge is -2.13. The van der Waals surface area contributed by atoms with E-state index in [9.17, 15) is 10.1 Å². The lowest BCUT2D eigenvalue weighted by molar-refractivity contribution is -0.385. The van der Waals surface area contributed by atoms with E-state index in [-0.39, 0.29) is 16.6 Å². The molecule has 11 nitrogen and oxygen atoms in total. The summed E-state index contributed by atoms with van der Waals surface area (Å²) in [6, 6.07) is 16.8. The van der Waals surface area contributed by atoms with Crippen molar-refractivity contribution >= 4 is 29.7 Å². The molecule has 0 saturated heterocycles. The molecule has 2 heterocycles. The van der Waals surface area contributed by atoms with Gasteiger partial charge in [-0.2, -0.15) is 20.1 Å². The summed E-state index contributed by atoms with van der Waals surface area (Å²) in [5.74, 6) is 2.25. The van der Waals surface area contributed by atoms with Gasteiger partial charge in [0.1, 0.15) is 11.5 Å².